The zero-order valence-corrected chi connectivity index (χ0v) is 18.7. The number of amides is 1. The van der Waals surface area contributed by atoms with Crippen LogP contribution in [0.5, 0.6) is 5.75 Å². The van der Waals surface area contributed by atoms with Crippen molar-refractivity contribution in [3.05, 3.63) is 69.3 Å². The summed E-state index contributed by atoms with van der Waals surface area (Å²) in [6.45, 7) is 1.88. The number of nitriles is 1. The second-order valence-corrected chi connectivity index (χ2v) is 7.86. The highest BCUT2D eigenvalue weighted by Gasteiger charge is 2.22. The Labute approximate surface area is 187 Å². The number of pyridine rings is 1. The molecule has 0 fully saturated rings. The molecular weight excluding hydrogens is 467 g/mol. The Morgan fingerprint density at radius 2 is 2.16 bits per heavy atom. The summed E-state index contributed by atoms with van der Waals surface area (Å²) >= 11 is 3.31. The Morgan fingerprint density at radius 3 is 2.84 bits per heavy atom. The van der Waals surface area contributed by atoms with E-state index in [2.05, 4.69) is 26.0 Å². The molecule has 0 saturated carbocycles. The summed E-state index contributed by atoms with van der Waals surface area (Å²) in [4.78, 5) is 18.6. The van der Waals surface area contributed by atoms with Gasteiger partial charge in [-0.3, -0.25) is 9.48 Å². The lowest BCUT2D eigenvalue weighted by molar-refractivity contribution is 0.0778. The minimum Gasteiger partial charge on any atom is -0.482 e. The van der Waals surface area contributed by atoms with E-state index in [1.165, 1.54) is 34.0 Å². The number of anilines is 1. The van der Waals surface area contributed by atoms with Crippen molar-refractivity contribution in [2.24, 2.45) is 7.05 Å². The van der Waals surface area contributed by atoms with Crippen LogP contribution in [-0.2, 0) is 13.6 Å². The molecule has 2 heterocycles. The number of hydrogen-bond acceptors (Lipinski definition) is 6. The van der Waals surface area contributed by atoms with E-state index in [1.807, 2.05) is 6.07 Å². The lowest BCUT2D eigenvalue weighted by Gasteiger charge is -2.22. The van der Waals surface area contributed by atoms with E-state index < -0.39 is 11.9 Å². The third kappa shape index (κ3) is 5.00. The van der Waals surface area contributed by atoms with Crippen LogP contribution in [-0.4, -0.2) is 32.6 Å². The Bertz CT molecular complexity index is 1170. The van der Waals surface area contributed by atoms with Crippen molar-refractivity contribution in [3.63, 3.8) is 0 Å². The number of benzene rings is 1. The fourth-order valence-electron chi connectivity index (χ4n) is 3.07. The molecule has 0 spiro atoms. The third-order valence-electron chi connectivity index (χ3n) is 4.62. The van der Waals surface area contributed by atoms with Crippen molar-refractivity contribution in [3.8, 4) is 11.8 Å². The fourth-order valence-corrected chi connectivity index (χ4v) is 3.38. The molecule has 0 bridgehead atoms. The predicted octanol–water partition coefficient (Wildman–Crippen LogP) is 3.58. The second kappa shape index (κ2) is 9.14. The number of carbonyl (C=O) groups is 1. The topological polar surface area (TPSA) is 110 Å². The Kier molecular flexibility index (Phi) is 6.56. The van der Waals surface area contributed by atoms with E-state index in [0.29, 0.717) is 27.2 Å². The molecule has 0 unspecified atom stereocenters. The minimum absolute atomic E-state index is 0.180. The van der Waals surface area contributed by atoms with E-state index in [-0.39, 0.29) is 23.8 Å². The molecule has 8 nitrogen and oxygen atoms in total. The maximum atomic E-state index is 14.0. The Balaban J connectivity index is 1.86. The highest BCUT2D eigenvalue weighted by atomic mass is 79.9. The number of hydrogen-bond donors (Lipinski definition) is 1. The van der Waals surface area contributed by atoms with Crippen molar-refractivity contribution in [1.82, 2.24) is 19.7 Å². The molecule has 1 aromatic carbocycles. The van der Waals surface area contributed by atoms with Gasteiger partial charge in [0.05, 0.1) is 12.2 Å². The smallest absolute Gasteiger partial charge is 0.254 e. The summed E-state index contributed by atoms with van der Waals surface area (Å²) in [5, 5.41) is 13.3. The number of nitrogens with zero attached hydrogens (tertiary/aromatic N) is 5. The summed E-state index contributed by atoms with van der Waals surface area (Å²) < 4.78 is 22.0. The van der Waals surface area contributed by atoms with Gasteiger partial charge >= 0.3 is 0 Å². The quantitative estimate of drug-likeness (QED) is 0.569. The van der Waals surface area contributed by atoms with Crippen LogP contribution in [0.25, 0.3) is 0 Å². The molecule has 3 rings (SSSR count). The number of halogens is 2. The SMILES string of the molecule is C[C@@H](Oc1cc(Br)cnc1N)c1cc(F)ccc1C(=O)N(C)Cc1cc(C#N)n(C)n1. The third-order valence-corrected chi connectivity index (χ3v) is 5.06. The van der Waals surface area contributed by atoms with Gasteiger partial charge in [-0.15, -0.1) is 0 Å². The molecular formula is C21H20BrFN6O2. The molecule has 160 valence electrons. The number of aryl methyl sites for hydroxylation is 1. The molecule has 1 atom stereocenters. The van der Waals surface area contributed by atoms with Crippen molar-refractivity contribution in [2.45, 2.75) is 19.6 Å². The molecule has 1 amide bonds. The van der Waals surface area contributed by atoms with Crippen LogP contribution in [0.2, 0.25) is 0 Å². The van der Waals surface area contributed by atoms with Crippen LogP contribution in [0.4, 0.5) is 10.2 Å². The van der Waals surface area contributed by atoms with E-state index in [9.17, 15) is 9.18 Å². The van der Waals surface area contributed by atoms with Gasteiger partial charge < -0.3 is 15.4 Å². The standard InChI is InChI=1S/C21H20BrFN6O2/c1-12(31-19-6-13(22)10-26-20(19)25)18-7-14(23)4-5-17(18)21(30)28(2)11-15-8-16(9-24)29(3)27-15/h4-8,10,12H,11H2,1-3H3,(H2,25,26)/t12-/m1/s1. The van der Waals surface area contributed by atoms with E-state index >= 15 is 0 Å². The first-order valence-corrected chi connectivity index (χ1v) is 10.0. The van der Waals surface area contributed by atoms with Gasteiger partial charge in [0.15, 0.2) is 11.6 Å². The van der Waals surface area contributed by atoms with Gasteiger partial charge in [-0.1, -0.05) is 0 Å². The molecule has 0 saturated heterocycles. The van der Waals surface area contributed by atoms with Gasteiger partial charge in [0.1, 0.15) is 23.7 Å². The molecule has 0 radical (unpaired) electrons. The van der Waals surface area contributed by atoms with Crippen LogP contribution in [0.1, 0.15) is 40.3 Å². The number of ether oxygens (including phenoxy) is 1. The van der Waals surface area contributed by atoms with Crippen molar-refractivity contribution >= 4 is 27.7 Å². The van der Waals surface area contributed by atoms with E-state index in [0.717, 1.165) is 0 Å². The number of nitrogen functional groups attached to an aromatic ring is 1. The van der Waals surface area contributed by atoms with Gasteiger partial charge in [0.25, 0.3) is 5.91 Å². The van der Waals surface area contributed by atoms with Crippen LogP contribution >= 0.6 is 15.9 Å². The first-order chi connectivity index (χ1) is 14.7. The average Bonchev–Trinajstić information content (AvgIpc) is 3.09. The van der Waals surface area contributed by atoms with Crippen LogP contribution in [0, 0.1) is 17.1 Å². The van der Waals surface area contributed by atoms with Gasteiger partial charge in [-0.25, -0.2) is 9.37 Å². The predicted molar refractivity (Wildman–Crippen MR) is 116 cm³/mol. The monoisotopic (exact) mass is 486 g/mol. The molecule has 2 N–H and O–H groups in total. The number of rotatable bonds is 6. The first-order valence-electron chi connectivity index (χ1n) is 9.25. The summed E-state index contributed by atoms with van der Waals surface area (Å²) in [6.07, 6.45) is 0.857. The van der Waals surface area contributed by atoms with Crippen molar-refractivity contribution in [1.29, 1.82) is 5.26 Å². The fraction of sp³-hybridized carbons (Fsp3) is 0.238. The molecule has 10 heteroatoms. The zero-order chi connectivity index (χ0) is 22.7. The maximum Gasteiger partial charge on any atom is 0.254 e. The number of nitrogens with two attached hydrogens (primary N) is 1. The number of aromatic nitrogens is 3. The summed E-state index contributed by atoms with van der Waals surface area (Å²) in [7, 11) is 3.27. The average molecular weight is 487 g/mol. The molecule has 0 aliphatic rings. The number of carbonyl (C=O) groups excluding carboxylic acids is 1. The van der Waals surface area contributed by atoms with Crippen LogP contribution in [0.15, 0.2) is 41.0 Å². The molecule has 31 heavy (non-hydrogen) atoms. The van der Waals surface area contributed by atoms with Gasteiger partial charge in [0, 0.05) is 35.9 Å². The Hall–Kier alpha value is -3.45. The second-order valence-electron chi connectivity index (χ2n) is 6.95. The van der Waals surface area contributed by atoms with Crippen LogP contribution in [0.3, 0.4) is 0 Å². The maximum absolute atomic E-state index is 14.0. The minimum atomic E-state index is -0.679. The molecule has 0 aliphatic heterocycles. The normalized spacial score (nSPS) is 11.6. The summed E-state index contributed by atoms with van der Waals surface area (Å²) in [5.41, 5.74) is 7.48. The van der Waals surface area contributed by atoms with E-state index in [4.69, 9.17) is 15.7 Å². The van der Waals surface area contributed by atoms with Crippen molar-refractivity contribution < 1.29 is 13.9 Å². The summed E-state index contributed by atoms with van der Waals surface area (Å²) in [5.74, 6) is -0.335. The van der Waals surface area contributed by atoms with Gasteiger partial charge in [0.2, 0.25) is 0 Å². The van der Waals surface area contributed by atoms with Crippen LogP contribution < -0.4 is 10.5 Å². The van der Waals surface area contributed by atoms with Crippen molar-refractivity contribution in [2.75, 3.05) is 12.8 Å². The summed E-state index contributed by atoms with van der Waals surface area (Å²) in [6, 6.07) is 9.21. The lowest BCUT2D eigenvalue weighted by Crippen LogP contribution is -2.28. The highest BCUT2D eigenvalue weighted by molar-refractivity contribution is 9.10. The molecule has 0 aliphatic carbocycles. The van der Waals surface area contributed by atoms with E-state index in [1.54, 1.807) is 33.2 Å². The molecule has 3 aromatic rings. The first kappa shape index (κ1) is 22.2. The van der Waals surface area contributed by atoms with Gasteiger partial charge in [-0.05, 0) is 53.2 Å². The Morgan fingerprint density at radius 1 is 1.42 bits per heavy atom. The van der Waals surface area contributed by atoms with Gasteiger partial charge in [-0.2, -0.15) is 10.4 Å². The lowest BCUT2D eigenvalue weighted by atomic mass is 10.0. The zero-order valence-electron chi connectivity index (χ0n) is 17.1. The molecule has 2 aromatic heterocycles. The largest absolute Gasteiger partial charge is 0.482 e. The highest BCUT2D eigenvalue weighted by Crippen LogP contribution is 2.30.